The summed E-state index contributed by atoms with van der Waals surface area (Å²) in [7, 11) is 0. The van der Waals surface area contributed by atoms with Crippen LogP contribution in [0.1, 0.15) is 24.5 Å². The molecule has 1 unspecified atom stereocenters. The van der Waals surface area contributed by atoms with Crippen LogP contribution in [0.3, 0.4) is 0 Å². The van der Waals surface area contributed by atoms with Crippen LogP contribution in [0.15, 0.2) is 36.4 Å². The van der Waals surface area contributed by atoms with Crippen molar-refractivity contribution in [2.45, 2.75) is 31.3 Å². The summed E-state index contributed by atoms with van der Waals surface area (Å²) >= 11 is 0. The van der Waals surface area contributed by atoms with E-state index >= 15 is 0 Å². The van der Waals surface area contributed by atoms with Crippen LogP contribution >= 0.6 is 0 Å². The van der Waals surface area contributed by atoms with Gasteiger partial charge in [-0.3, -0.25) is 9.59 Å². The van der Waals surface area contributed by atoms with Crippen molar-refractivity contribution in [3.8, 4) is 0 Å². The Balaban J connectivity index is 2.09. The minimum atomic E-state index is -0.664. The van der Waals surface area contributed by atoms with Crippen LogP contribution in [0.4, 0.5) is 0 Å². The quantitative estimate of drug-likeness (QED) is 0.707. The van der Waals surface area contributed by atoms with Crippen molar-refractivity contribution in [3.63, 3.8) is 0 Å². The zero-order chi connectivity index (χ0) is 12.8. The number of ketones is 1. The molecular formula is C15H14O3. The third-order valence-electron chi connectivity index (χ3n) is 3.93. The third kappa shape index (κ3) is 1.37. The Morgan fingerprint density at radius 2 is 2.17 bits per heavy atom. The van der Waals surface area contributed by atoms with Crippen LogP contribution in [0.2, 0.25) is 0 Å². The van der Waals surface area contributed by atoms with Gasteiger partial charge in [-0.15, -0.1) is 0 Å². The summed E-state index contributed by atoms with van der Waals surface area (Å²) in [5.74, 6) is -0.290. The minimum absolute atomic E-state index is 0.0544. The van der Waals surface area contributed by atoms with Gasteiger partial charge < -0.3 is 4.74 Å². The largest absolute Gasteiger partial charge is 0.457 e. The van der Waals surface area contributed by atoms with Gasteiger partial charge in [0, 0.05) is 6.92 Å². The van der Waals surface area contributed by atoms with Gasteiger partial charge in [-0.05, 0) is 36.1 Å². The Morgan fingerprint density at radius 3 is 2.94 bits per heavy atom. The summed E-state index contributed by atoms with van der Waals surface area (Å²) in [6.45, 7) is 1.38. The van der Waals surface area contributed by atoms with E-state index < -0.39 is 11.5 Å². The lowest BCUT2D eigenvalue weighted by molar-refractivity contribution is -0.148. The van der Waals surface area contributed by atoms with Crippen LogP contribution in [0.5, 0.6) is 0 Å². The molecule has 3 rings (SSSR count). The number of esters is 1. The van der Waals surface area contributed by atoms with E-state index in [1.807, 2.05) is 24.3 Å². The van der Waals surface area contributed by atoms with Crippen molar-refractivity contribution in [1.82, 2.24) is 0 Å². The minimum Gasteiger partial charge on any atom is -0.457 e. The first-order valence-corrected chi connectivity index (χ1v) is 6.13. The summed E-state index contributed by atoms with van der Waals surface area (Å²) in [5.41, 5.74) is 1.54. The molecule has 1 spiro atoms. The number of benzene rings is 1. The maximum absolute atomic E-state index is 12.3. The Kier molecular flexibility index (Phi) is 2.37. The highest BCUT2D eigenvalue weighted by Gasteiger charge is 2.53. The van der Waals surface area contributed by atoms with E-state index in [9.17, 15) is 9.59 Å². The van der Waals surface area contributed by atoms with E-state index in [4.69, 9.17) is 4.74 Å². The normalized spacial score (nSPS) is 28.7. The monoisotopic (exact) mass is 242 g/mol. The highest BCUT2D eigenvalue weighted by atomic mass is 16.5. The molecule has 0 radical (unpaired) electrons. The van der Waals surface area contributed by atoms with E-state index in [2.05, 4.69) is 0 Å². The summed E-state index contributed by atoms with van der Waals surface area (Å²) < 4.78 is 5.33. The van der Waals surface area contributed by atoms with Crippen LogP contribution < -0.4 is 0 Å². The molecule has 1 aromatic rings. The van der Waals surface area contributed by atoms with E-state index in [-0.39, 0.29) is 11.8 Å². The van der Waals surface area contributed by atoms with E-state index in [0.29, 0.717) is 0 Å². The van der Waals surface area contributed by atoms with E-state index in [0.717, 1.165) is 18.4 Å². The van der Waals surface area contributed by atoms with Gasteiger partial charge in [-0.1, -0.05) is 24.3 Å². The fourth-order valence-electron chi connectivity index (χ4n) is 3.14. The molecule has 1 aromatic carbocycles. The average molecular weight is 242 g/mol. The van der Waals surface area contributed by atoms with Crippen molar-refractivity contribution >= 4 is 11.8 Å². The Morgan fingerprint density at radius 1 is 1.39 bits per heavy atom. The second kappa shape index (κ2) is 3.80. The Bertz CT molecular complexity index is 559. The van der Waals surface area contributed by atoms with Crippen molar-refractivity contribution in [2.24, 2.45) is 0 Å². The summed E-state index contributed by atoms with van der Waals surface area (Å²) in [5, 5.41) is 0. The molecule has 0 N–H and O–H groups in total. The molecule has 2 aliphatic carbocycles. The lowest BCUT2D eigenvalue weighted by atomic mass is 9.77. The fourth-order valence-corrected chi connectivity index (χ4v) is 3.14. The zero-order valence-electron chi connectivity index (χ0n) is 10.2. The number of aryl methyl sites for hydroxylation is 1. The molecule has 0 saturated heterocycles. The van der Waals surface area contributed by atoms with Gasteiger partial charge in [0.2, 0.25) is 0 Å². The predicted molar refractivity (Wildman–Crippen MR) is 66.1 cm³/mol. The zero-order valence-corrected chi connectivity index (χ0v) is 10.2. The molecule has 3 heteroatoms. The topological polar surface area (TPSA) is 43.4 Å². The first-order chi connectivity index (χ1) is 8.64. The molecule has 2 atom stereocenters. The number of allylic oxidation sites excluding steroid dienone is 1. The standard InChI is InChI=1S/C15H14O3/c1-10(16)18-14-7-6-13(17)15(14)9-8-11-4-2-3-5-12(11)15/h2-7,14H,8-9H2,1H3/t14-,15?/m1/s1. The number of hydrogen-bond donors (Lipinski definition) is 0. The molecule has 0 saturated carbocycles. The van der Waals surface area contributed by atoms with E-state index in [1.54, 1.807) is 12.2 Å². The average Bonchev–Trinajstić information content (AvgIpc) is 2.87. The lowest BCUT2D eigenvalue weighted by Crippen LogP contribution is -2.41. The molecule has 0 amide bonds. The molecule has 3 nitrogen and oxygen atoms in total. The van der Waals surface area contributed by atoms with Crippen LogP contribution in [0, 0.1) is 0 Å². The highest BCUT2D eigenvalue weighted by Crippen LogP contribution is 2.46. The first-order valence-electron chi connectivity index (χ1n) is 6.13. The van der Waals surface area contributed by atoms with Crippen molar-refractivity contribution in [1.29, 1.82) is 0 Å². The number of carbonyl (C=O) groups is 2. The molecule has 0 aromatic heterocycles. The van der Waals surface area contributed by atoms with Crippen molar-refractivity contribution < 1.29 is 14.3 Å². The number of ether oxygens (including phenoxy) is 1. The maximum atomic E-state index is 12.3. The molecule has 18 heavy (non-hydrogen) atoms. The van der Waals surface area contributed by atoms with Crippen LogP contribution in [0.25, 0.3) is 0 Å². The van der Waals surface area contributed by atoms with Crippen molar-refractivity contribution in [3.05, 3.63) is 47.5 Å². The first kappa shape index (κ1) is 11.2. The van der Waals surface area contributed by atoms with Gasteiger partial charge in [0.05, 0.1) is 5.41 Å². The Labute approximate surface area is 105 Å². The molecule has 2 aliphatic rings. The van der Waals surface area contributed by atoms with E-state index in [1.165, 1.54) is 12.5 Å². The van der Waals surface area contributed by atoms with Gasteiger partial charge in [-0.2, -0.15) is 0 Å². The SMILES string of the molecule is CC(=O)O[C@@H]1C=CC(=O)C12CCc1ccccc12. The summed E-state index contributed by atoms with van der Waals surface area (Å²) in [6, 6.07) is 7.93. The van der Waals surface area contributed by atoms with Gasteiger partial charge >= 0.3 is 5.97 Å². The third-order valence-corrected chi connectivity index (χ3v) is 3.93. The number of rotatable bonds is 1. The second-order valence-electron chi connectivity index (χ2n) is 4.88. The maximum Gasteiger partial charge on any atom is 0.303 e. The summed E-state index contributed by atoms with van der Waals surface area (Å²) in [4.78, 5) is 23.5. The predicted octanol–water partition coefficient (Wildman–Crippen LogP) is 1.94. The highest BCUT2D eigenvalue weighted by molar-refractivity contribution is 6.03. The summed E-state index contributed by atoms with van der Waals surface area (Å²) in [6.07, 6.45) is 4.39. The van der Waals surface area contributed by atoms with Gasteiger partial charge in [0.15, 0.2) is 5.78 Å². The number of hydrogen-bond acceptors (Lipinski definition) is 3. The molecule has 92 valence electrons. The van der Waals surface area contributed by atoms with Crippen LogP contribution in [-0.4, -0.2) is 17.9 Å². The molecular weight excluding hydrogens is 228 g/mol. The van der Waals surface area contributed by atoms with Crippen molar-refractivity contribution in [2.75, 3.05) is 0 Å². The van der Waals surface area contributed by atoms with Gasteiger partial charge in [-0.25, -0.2) is 0 Å². The van der Waals surface area contributed by atoms with Crippen LogP contribution in [-0.2, 0) is 26.2 Å². The smallest absolute Gasteiger partial charge is 0.303 e. The van der Waals surface area contributed by atoms with Gasteiger partial charge in [0.1, 0.15) is 6.10 Å². The number of fused-ring (bicyclic) bond motifs is 2. The Hall–Kier alpha value is -1.90. The number of carbonyl (C=O) groups excluding carboxylic acids is 2. The second-order valence-corrected chi connectivity index (χ2v) is 4.88. The lowest BCUT2D eigenvalue weighted by Gasteiger charge is -2.30. The molecule has 0 fully saturated rings. The molecule has 0 aliphatic heterocycles. The molecule has 0 heterocycles. The molecule has 0 bridgehead atoms. The van der Waals surface area contributed by atoms with Gasteiger partial charge in [0.25, 0.3) is 0 Å². The fraction of sp³-hybridized carbons (Fsp3) is 0.333.